The molecule has 1 rings (SSSR count). The Morgan fingerprint density at radius 1 is 1.42 bits per heavy atom. The number of methoxy groups -OCH3 is 1. The normalized spacial score (nSPS) is 28.8. The van der Waals surface area contributed by atoms with Crippen LogP contribution in [0, 0.1) is 0 Å². The molecule has 0 aromatic heterocycles. The first kappa shape index (κ1) is 9.55. The molecular formula is C9H16O3. The van der Waals surface area contributed by atoms with Crippen LogP contribution in [0.5, 0.6) is 0 Å². The Morgan fingerprint density at radius 2 is 2.08 bits per heavy atom. The summed E-state index contributed by atoms with van der Waals surface area (Å²) in [5, 5.41) is 0. The standard InChI is InChI=1S/C9H16O3/c1-3-11-7-9-5-4-8(12-9)6-10-2/h3,8-9H,1,4-7H2,2H3. The molecule has 0 amide bonds. The molecule has 1 aliphatic heterocycles. The molecular weight excluding hydrogens is 156 g/mol. The average Bonchev–Trinajstić information content (AvgIpc) is 2.50. The van der Waals surface area contributed by atoms with E-state index in [1.165, 1.54) is 6.26 Å². The highest BCUT2D eigenvalue weighted by Crippen LogP contribution is 2.19. The van der Waals surface area contributed by atoms with Gasteiger partial charge >= 0.3 is 0 Å². The van der Waals surface area contributed by atoms with Crippen LogP contribution in [0.2, 0.25) is 0 Å². The summed E-state index contributed by atoms with van der Waals surface area (Å²) in [6.07, 6.45) is 4.06. The summed E-state index contributed by atoms with van der Waals surface area (Å²) in [5.41, 5.74) is 0. The molecule has 2 atom stereocenters. The van der Waals surface area contributed by atoms with E-state index in [4.69, 9.17) is 14.2 Å². The van der Waals surface area contributed by atoms with Crippen molar-refractivity contribution in [1.82, 2.24) is 0 Å². The van der Waals surface area contributed by atoms with Crippen molar-refractivity contribution >= 4 is 0 Å². The predicted octanol–water partition coefficient (Wildman–Crippen LogP) is 1.34. The van der Waals surface area contributed by atoms with Gasteiger partial charge in [0.25, 0.3) is 0 Å². The van der Waals surface area contributed by atoms with Gasteiger partial charge in [-0.2, -0.15) is 0 Å². The van der Waals surface area contributed by atoms with E-state index in [0.29, 0.717) is 13.2 Å². The third-order valence-corrected chi connectivity index (χ3v) is 1.95. The van der Waals surface area contributed by atoms with Crippen molar-refractivity contribution < 1.29 is 14.2 Å². The summed E-state index contributed by atoms with van der Waals surface area (Å²) < 4.78 is 15.6. The summed E-state index contributed by atoms with van der Waals surface area (Å²) in [6.45, 7) is 4.77. The van der Waals surface area contributed by atoms with Gasteiger partial charge < -0.3 is 14.2 Å². The molecule has 3 nitrogen and oxygen atoms in total. The quantitative estimate of drug-likeness (QED) is 0.586. The Balaban J connectivity index is 2.12. The molecule has 3 heteroatoms. The smallest absolute Gasteiger partial charge is 0.113 e. The zero-order valence-electron chi connectivity index (χ0n) is 7.49. The Hall–Kier alpha value is -0.540. The molecule has 2 unspecified atom stereocenters. The maximum absolute atomic E-state index is 5.61. The molecule has 0 saturated carbocycles. The third kappa shape index (κ3) is 2.83. The average molecular weight is 172 g/mol. The Kier molecular flexibility index (Phi) is 4.11. The van der Waals surface area contributed by atoms with Gasteiger partial charge in [0.1, 0.15) is 6.61 Å². The van der Waals surface area contributed by atoms with Crippen LogP contribution < -0.4 is 0 Å². The minimum Gasteiger partial charge on any atom is -0.499 e. The maximum atomic E-state index is 5.61. The second-order valence-electron chi connectivity index (χ2n) is 2.91. The molecule has 70 valence electrons. The highest BCUT2D eigenvalue weighted by atomic mass is 16.6. The van der Waals surface area contributed by atoms with Crippen LogP contribution >= 0.6 is 0 Å². The van der Waals surface area contributed by atoms with Gasteiger partial charge in [0.2, 0.25) is 0 Å². The van der Waals surface area contributed by atoms with Gasteiger partial charge in [-0.1, -0.05) is 6.58 Å². The fraction of sp³-hybridized carbons (Fsp3) is 0.778. The van der Waals surface area contributed by atoms with E-state index in [2.05, 4.69) is 6.58 Å². The van der Waals surface area contributed by atoms with E-state index in [-0.39, 0.29) is 12.2 Å². The largest absolute Gasteiger partial charge is 0.499 e. The van der Waals surface area contributed by atoms with Crippen molar-refractivity contribution in [1.29, 1.82) is 0 Å². The minimum atomic E-state index is 0.225. The molecule has 0 bridgehead atoms. The summed E-state index contributed by atoms with van der Waals surface area (Å²) in [7, 11) is 1.69. The summed E-state index contributed by atoms with van der Waals surface area (Å²) in [4.78, 5) is 0. The zero-order chi connectivity index (χ0) is 8.81. The zero-order valence-corrected chi connectivity index (χ0v) is 7.49. The lowest BCUT2D eigenvalue weighted by molar-refractivity contribution is -0.0237. The first-order valence-corrected chi connectivity index (χ1v) is 4.23. The highest BCUT2D eigenvalue weighted by Gasteiger charge is 2.24. The molecule has 1 heterocycles. The van der Waals surface area contributed by atoms with Crippen molar-refractivity contribution in [3.8, 4) is 0 Å². The monoisotopic (exact) mass is 172 g/mol. The molecule has 0 N–H and O–H groups in total. The van der Waals surface area contributed by atoms with Crippen molar-refractivity contribution in [2.24, 2.45) is 0 Å². The van der Waals surface area contributed by atoms with Gasteiger partial charge in [-0.25, -0.2) is 0 Å². The molecule has 1 aliphatic rings. The van der Waals surface area contributed by atoms with Crippen LogP contribution in [0.3, 0.4) is 0 Å². The summed E-state index contributed by atoms with van der Waals surface area (Å²) in [6, 6.07) is 0. The molecule has 12 heavy (non-hydrogen) atoms. The molecule has 0 aromatic carbocycles. The van der Waals surface area contributed by atoms with Gasteiger partial charge in [-0.3, -0.25) is 0 Å². The number of hydrogen-bond acceptors (Lipinski definition) is 3. The lowest BCUT2D eigenvalue weighted by atomic mass is 10.2. The lowest BCUT2D eigenvalue weighted by Crippen LogP contribution is -2.18. The molecule has 0 aliphatic carbocycles. The van der Waals surface area contributed by atoms with Gasteiger partial charge in [0.15, 0.2) is 0 Å². The van der Waals surface area contributed by atoms with Gasteiger partial charge in [0.05, 0.1) is 25.1 Å². The first-order chi connectivity index (χ1) is 5.86. The highest BCUT2D eigenvalue weighted by molar-refractivity contribution is 4.73. The summed E-state index contributed by atoms with van der Waals surface area (Å²) in [5.74, 6) is 0. The van der Waals surface area contributed by atoms with Gasteiger partial charge in [0, 0.05) is 7.11 Å². The Labute approximate surface area is 73.3 Å². The van der Waals surface area contributed by atoms with Crippen molar-refractivity contribution in [2.45, 2.75) is 25.0 Å². The van der Waals surface area contributed by atoms with E-state index in [0.717, 1.165) is 12.8 Å². The lowest BCUT2D eigenvalue weighted by Gasteiger charge is -2.12. The first-order valence-electron chi connectivity index (χ1n) is 4.23. The van der Waals surface area contributed by atoms with E-state index < -0.39 is 0 Å². The van der Waals surface area contributed by atoms with Crippen LogP contribution in [0.15, 0.2) is 12.8 Å². The van der Waals surface area contributed by atoms with Crippen LogP contribution in [-0.4, -0.2) is 32.5 Å². The van der Waals surface area contributed by atoms with Crippen LogP contribution in [0.25, 0.3) is 0 Å². The van der Waals surface area contributed by atoms with E-state index in [9.17, 15) is 0 Å². The molecule has 0 aromatic rings. The van der Waals surface area contributed by atoms with Gasteiger partial charge in [-0.15, -0.1) is 0 Å². The second-order valence-corrected chi connectivity index (χ2v) is 2.91. The van der Waals surface area contributed by atoms with Crippen molar-refractivity contribution in [3.63, 3.8) is 0 Å². The fourth-order valence-electron chi connectivity index (χ4n) is 1.39. The third-order valence-electron chi connectivity index (χ3n) is 1.95. The summed E-state index contributed by atoms with van der Waals surface area (Å²) >= 11 is 0. The molecule has 0 radical (unpaired) electrons. The van der Waals surface area contributed by atoms with E-state index in [1.807, 2.05) is 0 Å². The number of ether oxygens (including phenoxy) is 3. The van der Waals surface area contributed by atoms with Gasteiger partial charge in [-0.05, 0) is 12.8 Å². The minimum absolute atomic E-state index is 0.225. The topological polar surface area (TPSA) is 27.7 Å². The molecule has 1 saturated heterocycles. The van der Waals surface area contributed by atoms with Crippen LogP contribution in [0.4, 0.5) is 0 Å². The number of hydrogen-bond donors (Lipinski definition) is 0. The van der Waals surface area contributed by atoms with Crippen LogP contribution in [-0.2, 0) is 14.2 Å². The SMILES string of the molecule is C=COCC1CCC(COC)O1. The molecule has 1 fully saturated rings. The van der Waals surface area contributed by atoms with E-state index >= 15 is 0 Å². The molecule has 0 spiro atoms. The second kappa shape index (κ2) is 5.17. The Morgan fingerprint density at radius 3 is 2.67 bits per heavy atom. The maximum Gasteiger partial charge on any atom is 0.113 e. The van der Waals surface area contributed by atoms with Crippen molar-refractivity contribution in [3.05, 3.63) is 12.8 Å². The van der Waals surface area contributed by atoms with E-state index in [1.54, 1.807) is 7.11 Å². The van der Waals surface area contributed by atoms with Crippen molar-refractivity contribution in [2.75, 3.05) is 20.3 Å². The van der Waals surface area contributed by atoms with Crippen LogP contribution in [0.1, 0.15) is 12.8 Å². The Bertz CT molecular complexity index is 136. The number of rotatable bonds is 5. The fourth-order valence-corrected chi connectivity index (χ4v) is 1.39. The predicted molar refractivity (Wildman–Crippen MR) is 45.9 cm³/mol.